The first-order valence-corrected chi connectivity index (χ1v) is 11.1. The van der Waals surface area contributed by atoms with Gasteiger partial charge in [-0.25, -0.2) is 4.68 Å². The van der Waals surface area contributed by atoms with E-state index in [0.717, 1.165) is 17.0 Å². The summed E-state index contributed by atoms with van der Waals surface area (Å²) in [4.78, 5) is 12.9. The van der Waals surface area contributed by atoms with E-state index in [0.29, 0.717) is 29.3 Å². The zero-order valence-electron chi connectivity index (χ0n) is 19.4. The number of hydrogen-bond acceptors (Lipinski definition) is 5. The number of carbonyl (C=O) groups excluding carboxylic acids is 1. The van der Waals surface area contributed by atoms with Gasteiger partial charge in [0.1, 0.15) is 23.1 Å². The van der Waals surface area contributed by atoms with Gasteiger partial charge in [-0.1, -0.05) is 18.2 Å². The Hall–Kier alpha value is -4.83. The SMILES string of the molecule is CCOc1ccc(NC(=O)C(C#N)=Cc2cn(-c3ccccc3)nc2-c2ccc(OC)cc2)cc1. The minimum atomic E-state index is -0.509. The van der Waals surface area contributed by atoms with Crippen LogP contribution in [0.5, 0.6) is 11.5 Å². The number of nitrogens with one attached hydrogen (secondary N) is 1. The molecule has 0 bridgehead atoms. The van der Waals surface area contributed by atoms with Crippen LogP contribution in [0.1, 0.15) is 12.5 Å². The van der Waals surface area contributed by atoms with Gasteiger partial charge in [-0.05, 0) is 73.7 Å². The highest BCUT2D eigenvalue weighted by molar-refractivity contribution is 6.10. The molecule has 35 heavy (non-hydrogen) atoms. The Balaban J connectivity index is 1.68. The van der Waals surface area contributed by atoms with Crippen LogP contribution in [0.3, 0.4) is 0 Å². The van der Waals surface area contributed by atoms with Gasteiger partial charge in [-0.15, -0.1) is 0 Å². The molecule has 174 valence electrons. The van der Waals surface area contributed by atoms with Gasteiger partial charge >= 0.3 is 0 Å². The molecule has 7 heteroatoms. The molecule has 0 atom stereocenters. The highest BCUT2D eigenvalue weighted by Gasteiger charge is 2.15. The van der Waals surface area contributed by atoms with E-state index in [2.05, 4.69) is 5.32 Å². The van der Waals surface area contributed by atoms with Crippen LogP contribution in [-0.4, -0.2) is 29.4 Å². The molecule has 0 spiro atoms. The number of para-hydroxylation sites is 1. The second-order valence-corrected chi connectivity index (χ2v) is 7.52. The van der Waals surface area contributed by atoms with E-state index < -0.39 is 5.91 Å². The molecule has 7 nitrogen and oxygen atoms in total. The number of rotatable bonds is 8. The van der Waals surface area contributed by atoms with E-state index in [1.54, 1.807) is 48.3 Å². The summed E-state index contributed by atoms with van der Waals surface area (Å²) in [5.74, 6) is 0.921. The van der Waals surface area contributed by atoms with E-state index in [1.807, 2.05) is 67.6 Å². The van der Waals surface area contributed by atoms with Gasteiger partial charge in [0.05, 0.1) is 25.1 Å². The molecule has 0 saturated heterocycles. The smallest absolute Gasteiger partial charge is 0.266 e. The summed E-state index contributed by atoms with van der Waals surface area (Å²) in [6, 6.07) is 26.1. The molecule has 4 aromatic rings. The number of ether oxygens (including phenoxy) is 2. The number of carbonyl (C=O) groups is 1. The summed E-state index contributed by atoms with van der Waals surface area (Å²) in [6.45, 7) is 2.46. The van der Waals surface area contributed by atoms with Gasteiger partial charge in [-0.2, -0.15) is 10.4 Å². The van der Waals surface area contributed by atoms with Crippen molar-refractivity contribution in [2.75, 3.05) is 19.0 Å². The van der Waals surface area contributed by atoms with Crippen molar-refractivity contribution in [1.82, 2.24) is 9.78 Å². The first kappa shape index (κ1) is 23.3. The largest absolute Gasteiger partial charge is 0.497 e. The predicted molar refractivity (Wildman–Crippen MR) is 135 cm³/mol. The number of nitrogens with zero attached hydrogens (tertiary/aromatic N) is 3. The molecule has 1 heterocycles. The van der Waals surface area contributed by atoms with Gasteiger partial charge in [0, 0.05) is 23.0 Å². The minimum absolute atomic E-state index is 0.0405. The number of nitriles is 1. The van der Waals surface area contributed by atoms with Crippen LogP contribution < -0.4 is 14.8 Å². The fourth-order valence-corrected chi connectivity index (χ4v) is 3.48. The standard InChI is InChI=1S/C28H24N4O3/c1-3-35-26-15-11-23(12-16-26)30-28(33)21(18-29)17-22-19-32(24-7-5-4-6-8-24)31-27(22)20-9-13-25(34-2)14-10-20/h4-17,19H,3H2,1-2H3,(H,30,33). The Morgan fingerprint density at radius 2 is 1.71 bits per heavy atom. The van der Waals surface area contributed by atoms with Crippen LogP contribution in [0.25, 0.3) is 23.0 Å². The minimum Gasteiger partial charge on any atom is -0.497 e. The molecule has 1 N–H and O–H groups in total. The maximum atomic E-state index is 12.9. The molecule has 3 aromatic carbocycles. The van der Waals surface area contributed by atoms with Crippen LogP contribution in [-0.2, 0) is 4.79 Å². The number of benzene rings is 3. The first-order valence-electron chi connectivity index (χ1n) is 11.1. The van der Waals surface area contributed by atoms with Crippen LogP contribution in [0.4, 0.5) is 5.69 Å². The quantitative estimate of drug-likeness (QED) is 0.275. The van der Waals surface area contributed by atoms with Crippen molar-refractivity contribution in [1.29, 1.82) is 5.26 Å². The van der Waals surface area contributed by atoms with E-state index in [9.17, 15) is 10.1 Å². The van der Waals surface area contributed by atoms with Crippen LogP contribution >= 0.6 is 0 Å². The van der Waals surface area contributed by atoms with E-state index in [-0.39, 0.29) is 5.57 Å². The topological polar surface area (TPSA) is 89.2 Å². The lowest BCUT2D eigenvalue weighted by Gasteiger charge is -2.07. The van der Waals surface area contributed by atoms with Gasteiger partial charge in [0.2, 0.25) is 0 Å². The molecule has 0 radical (unpaired) electrons. The van der Waals surface area contributed by atoms with Gasteiger partial charge in [0.15, 0.2) is 0 Å². The fourth-order valence-electron chi connectivity index (χ4n) is 3.48. The third-order valence-electron chi connectivity index (χ3n) is 5.21. The molecule has 0 unspecified atom stereocenters. The highest BCUT2D eigenvalue weighted by Crippen LogP contribution is 2.28. The van der Waals surface area contributed by atoms with Crippen LogP contribution in [0.2, 0.25) is 0 Å². The van der Waals surface area contributed by atoms with Crippen molar-refractivity contribution in [3.63, 3.8) is 0 Å². The fraction of sp³-hybridized carbons (Fsp3) is 0.107. The van der Waals surface area contributed by atoms with E-state index >= 15 is 0 Å². The van der Waals surface area contributed by atoms with Crippen molar-refractivity contribution in [2.24, 2.45) is 0 Å². The van der Waals surface area contributed by atoms with Crippen LogP contribution in [0, 0.1) is 11.3 Å². The maximum absolute atomic E-state index is 12.9. The first-order chi connectivity index (χ1) is 17.1. The Labute approximate surface area is 203 Å². The Kier molecular flexibility index (Phi) is 7.24. The number of methoxy groups -OCH3 is 1. The summed E-state index contributed by atoms with van der Waals surface area (Å²) in [5.41, 5.74) is 3.49. The molecule has 0 aliphatic carbocycles. The molecule has 0 aliphatic rings. The summed E-state index contributed by atoms with van der Waals surface area (Å²) in [6.07, 6.45) is 3.35. The molecule has 0 fully saturated rings. The Morgan fingerprint density at radius 3 is 2.34 bits per heavy atom. The molecular formula is C28H24N4O3. The molecule has 0 aliphatic heterocycles. The van der Waals surface area contributed by atoms with E-state index in [1.165, 1.54) is 0 Å². The molecular weight excluding hydrogens is 440 g/mol. The number of hydrogen-bond donors (Lipinski definition) is 1. The number of anilines is 1. The van der Waals surface area contributed by atoms with Gasteiger partial charge in [-0.3, -0.25) is 4.79 Å². The Morgan fingerprint density at radius 1 is 1.03 bits per heavy atom. The lowest BCUT2D eigenvalue weighted by Crippen LogP contribution is -2.13. The van der Waals surface area contributed by atoms with Crippen molar-refractivity contribution >= 4 is 17.7 Å². The second kappa shape index (κ2) is 10.9. The number of aromatic nitrogens is 2. The summed E-state index contributed by atoms with van der Waals surface area (Å²) < 4.78 is 12.4. The lowest BCUT2D eigenvalue weighted by atomic mass is 10.1. The molecule has 1 amide bonds. The van der Waals surface area contributed by atoms with Gasteiger partial charge in [0.25, 0.3) is 5.91 Å². The maximum Gasteiger partial charge on any atom is 0.266 e. The highest BCUT2D eigenvalue weighted by atomic mass is 16.5. The van der Waals surface area contributed by atoms with E-state index in [4.69, 9.17) is 14.6 Å². The lowest BCUT2D eigenvalue weighted by molar-refractivity contribution is -0.112. The third kappa shape index (κ3) is 5.57. The molecule has 4 rings (SSSR count). The van der Waals surface area contributed by atoms with Gasteiger partial charge < -0.3 is 14.8 Å². The predicted octanol–water partition coefficient (Wildman–Crippen LogP) is 5.49. The van der Waals surface area contributed by atoms with Crippen molar-refractivity contribution in [3.8, 4) is 34.5 Å². The monoisotopic (exact) mass is 464 g/mol. The number of amides is 1. The second-order valence-electron chi connectivity index (χ2n) is 7.52. The molecule has 0 saturated carbocycles. The zero-order chi connectivity index (χ0) is 24.6. The van der Waals surface area contributed by atoms with Crippen LogP contribution in [0.15, 0.2) is 90.6 Å². The summed E-state index contributed by atoms with van der Waals surface area (Å²) >= 11 is 0. The average molecular weight is 465 g/mol. The molecule has 1 aromatic heterocycles. The Bertz CT molecular complexity index is 1370. The summed E-state index contributed by atoms with van der Waals surface area (Å²) in [5, 5.41) is 17.3. The third-order valence-corrected chi connectivity index (χ3v) is 5.21. The van der Waals surface area contributed by atoms with Crippen molar-refractivity contribution < 1.29 is 14.3 Å². The van der Waals surface area contributed by atoms with Crippen molar-refractivity contribution in [3.05, 3.63) is 96.2 Å². The average Bonchev–Trinajstić information content (AvgIpc) is 3.33. The zero-order valence-corrected chi connectivity index (χ0v) is 19.4. The normalized spacial score (nSPS) is 10.9. The summed E-state index contributed by atoms with van der Waals surface area (Å²) in [7, 11) is 1.61. The van der Waals surface area contributed by atoms with Crippen molar-refractivity contribution in [2.45, 2.75) is 6.92 Å².